The van der Waals surface area contributed by atoms with Crippen molar-refractivity contribution in [3.8, 4) is 0 Å². The molecule has 1 saturated heterocycles. The molecular formula is C5H8BNO2. The Kier molecular flexibility index (Phi) is 1.49. The Morgan fingerprint density at radius 1 is 1.89 bits per heavy atom. The second kappa shape index (κ2) is 2.03. The van der Waals surface area contributed by atoms with Crippen LogP contribution in [0, 0.1) is 0 Å². The average Bonchev–Trinajstić information content (AvgIpc) is 1.98. The lowest BCUT2D eigenvalue weighted by Gasteiger charge is -2.15. The van der Waals surface area contributed by atoms with Crippen LogP contribution >= 0.6 is 0 Å². The molecule has 1 amide bonds. The van der Waals surface area contributed by atoms with Crippen molar-refractivity contribution in [3.63, 3.8) is 0 Å². The van der Waals surface area contributed by atoms with Gasteiger partial charge in [-0.25, -0.2) is 0 Å². The van der Waals surface area contributed by atoms with Gasteiger partial charge in [-0.3, -0.25) is 4.79 Å². The van der Waals surface area contributed by atoms with E-state index in [1.807, 2.05) is 0 Å². The second-order valence-electron chi connectivity index (χ2n) is 2.29. The first-order valence-corrected chi connectivity index (χ1v) is 2.82. The molecule has 0 bridgehead atoms. The Morgan fingerprint density at radius 2 is 2.44 bits per heavy atom. The van der Waals surface area contributed by atoms with Gasteiger partial charge in [0.2, 0.25) is 5.91 Å². The lowest BCUT2D eigenvalue weighted by Crippen LogP contribution is -2.29. The minimum absolute atomic E-state index is 0.0880. The Balaban J connectivity index is 2.65. The van der Waals surface area contributed by atoms with E-state index in [9.17, 15) is 4.79 Å². The van der Waals surface area contributed by atoms with Gasteiger partial charge in [0.25, 0.3) is 0 Å². The molecule has 9 heavy (non-hydrogen) atoms. The lowest BCUT2D eigenvalue weighted by atomic mass is 9.85. The van der Waals surface area contributed by atoms with Gasteiger partial charge in [0.15, 0.2) is 0 Å². The van der Waals surface area contributed by atoms with Crippen LogP contribution < -0.4 is 0 Å². The average molecular weight is 125 g/mol. The van der Waals surface area contributed by atoms with Gasteiger partial charge in [0, 0.05) is 13.5 Å². The molecule has 0 saturated carbocycles. The summed E-state index contributed by atoms with van der Waals surface area (Å²) < 4.78 is 0. The molecule has 1 rings (SSSR count). The minimum atomic E-state index is -0.780. The maximum absolute atomic E-state index is 10.7. The number of aliphatic hydroxyl groups excluding tert-OH is 1. The number of aliphatic hydroxyl groups is 1. The second-order valence-corrected chi connectivity index (χ2v) is 2.29. The summed E-state index contributed by atoms with van der Waals surface area (Å²) in [5, 5.41) is 9.02. The molecule has 1 fully saturated rings. The van der Waals surface area contributed by atoms with Crippen LogP contribution in [0.1, 0.15) is 6.42 Å². The highest BCUT2D eigenvalue weighted by atomic mass is 16.3. The number of likely N-dealkylation sites (tertiary alicyclic amines) is 1. The zero-order valence-corrected chi connectivity index (χ0v) is 5.24. The topological polar surface area (TPSA) is 40.5 Å². The summed E-state index contributed by atoms with van der Waals surface area (Å²) in [6.45, 7) is 0. The number of hydrogen-bond donors (Lipinski definition) is 1. The molecule has 0 aromatic carbocycles. The minimum Gasteiger partial charge on any atom is -0.374 e. The largest absolute Gasteiger partial charge is 0.374 e. The Hall–Kier alpha value is -0.505. The molecule has 1 heterocycles. The summed E-state index contributed by atoms with van der Waals surface area (Å²) in [6.07, 6.45) is -0.519. The van der Waals surface area contributed by atoms with Gasteiger partial charge in [-0.15, -0.1) is 0 Å². The van der Waals surface area contributed by atoms with Gasteiger partial charge in [-0.1, -0.05) is 0 Å². The van der Waals surface area contributed by atoms with Gasteiger partial charge in [-0.05, 0) is 5.82 Å². The fourth-order valence-corrected chi connectivity index (χ4v) is 0.886. The van der Waals surface area contributed by atoms with Crippen molar-refractivity contribution in [3.05, 3.63) is 0 Å². The number of carbonyl (C=O) groups excluding carboxylic acids is 1. The van der Waals surface area contributed by atoms with E-state index in [4.69, 9.17) is 13.0 Å². The van der Waals surface area contributed by atoms with E-state index in [2.05, 4.69) is 0 Å². The smallest absolute Gasteiger partial charge is 0.224 e. The van der Waals surface area contributed by atoms with Gasteiger partial charge in [-0.2, -0.15) is 0 Å². The number of nitrogens with zero attached hydrogens (tertiary/aromatic N) is 1. The molecule has 1 aliphatic heterocycles. The van der Waals surface area contributed by atoms with Gasteiger partial charge < -0.3 is 10.0 Å². The van der Waals surface area contributed by atoms with E-state index in [0.29, 0.717) is 0 Å². The summed E-state index contributed by atoms with van der Waals surface area (Å²) in [7, 11) is 6.89. The van der Waals surface area contributed by atoms with Crippen molar-refractivity contribution in [2.75, 3.05) is 7.05 Å². The van der Waals surface area contributed by atoms with Crippen LogP contribution in [0.15, 0.2) is 0 Å². The van der Waals surface area contributed by atoms with Crippen molar-refractivity contribution in [2.45, 2.75) is 18.5 Å². The summed E-state index contributed by atoms with van der Waals surface area (Å²) >= 11 is 0. The van der Waals surface area contributed by atoms with Crippen LogP contribution in [-0.4, -0.2) is 37.0 Å². The molecule has 0 aromatic rings. The van der Waals surface area contributed by atoms with E-state index >= 15 is 0 Å². The summed E-state index contributed by atoms with van der Waals surface area (Å²) in [5.74, 6) is -0.488. The van der Waals surface area contributed by atoms with E-state index in [1.165, 1.54) is 4.90 Å². The first-order valence-electron chi connectivity index (χ1n) is 2.82. The number of rotatable bonds is 0. The molecule has 0 aromatic heterocycles. The third kappa shape index (κ3) is 0.943. The van der Waals surface area contributed by atoms with Gasteiger partial charge in [0.05, 0.1) is 7.85 Å². The number of amides is 1. The van der Waals surface area contributed by atoms with Crippen LogP contribution in [0.25, 0.3) is 0 Å². The standard InChI is InChI=1S/C5H8BNO2/c1-7-4(8)2-3(6)5(7)9/h3,5,9H,2H2,1H3. The first-order chi connectivity index (χ1) is 4.13. The van der Waals surface area contributed by atoms with E-state index in [1.54, 1.807) is 7.05 Å². The predicted octanol–water partition coefficient (Wildman–Crippen LogP) is -0.876. The molecule has 2 unspecified atom stereocenters. The number of hydrogen-bond acceptors (Lipinski definition) is 2. The highest BCUT2D eigenvalue weighted by Gasteiger charge is 2.31. The van der Waals surface area contributed by atoms with Crippen LogP contribution in [-0.2, 0) is 4.79 Å². The van der Waals surface area contributed by atoms with Crippen molar-refractivity contribution in [1.29, 1.82) is 0 Å². The van der Waals surface area contributed by atoms with Crippen molar-refractivity contribution in [1.82, 2.24) is 4.90 Å². The molecule has 3 nitrogen and oxygen atoms in total. The van der Waals surface area contributed by atoms with Crippen molar-refractivity contribution in [2.24, 2.45) is 0 Å². The Bertz CT molecular complexity index is 139. The fraction of sp³-hybridized carbons (Fsp3) is 0.800. The molecule has 48 valence electrons. The summed E-state index contributed by atoms with van der Waals surface area (Å²) in [5.41, 5.74) is 0. The molecule has 2 atom stereocenters. The van der Waals surface area contributed by atoms with Gasteiger partial charge in [0.1, 0.15) is 6.23 Å². The highest BCUT2D eigenvalue weighted by molar-refractivity contribution is 6.14. The van der Waals surface area contributed by atoms with Crippen molar-refractivity contribution >= 4 is 13.8 Å². The molecule has 2 radical (unpaired) electrons. The maximum atomic E-state index is 10.7. The van der Waals surface area contributed by atoms with Crippen LogP contribution in [0.3, 0.4) is 0 Å². The summed E-state index contributed by atoms with van der Waals surface area (Å²) in [4.78, 5) is 11.9. The SMILES string of the molecule is [B]C1CC(=O)N(C)C1O. The normalized spacial score (nSPS) is 35.8. The van der Waals surface area contributed by atoms with Crippen LogP contribution in [0.2, 0.25) is 5.82 Å². The Labute approximate surface area is 55.1 Å². The van der Waals surface area contributed by atoms with Crippen molar-refractivity contribution < 1.29 is 9.90 Å². The number of carbonyl (C=O) groups is 1. The molecule has 1 N–H and O–H groups in total. The molecule has 0 aliphatic carbocycles. The predicted molar refractivity (Wildman–Crippen MR) is 32.9 cm³/mol. The first kappa shape index (κ1) is 6.61. The van der Waals surface area contributed by atoms with Crippen LogP contribution in [0.5, 0.6) is 0 Å². The lowest BCUT2D eigenvalue weighted by molar-refractivity contribution is -0.131. The van der Waals surface area contributed by atoms with E-state index in [0.717, 1.165) is 0 Å². The monoisotopic (exact) mass is 125 g/mol. The molecule has 0 spiro atoms. The molecule has 1 aliphatic rings. The Morgan fingerprint density at radius 3 is 2.56 bits per heavy atom. The van der Waals surface area contributed by atoms with Crippen LogP contribution in [0.4, 0.5) is 0 Å². The zero-order valence-electron chi connectivity index (χ0n) is 5.24. The highest BCUT2D eigenvalue weighted by Crippen LogP contribution is 2.23. The third-order valence-electron chi connectivity index (χ3n) is 1.58. The third-order valence-corrected chi connectivity index (χ3v) is 1.58. The zero-order chi connectivity index (χ0) is 7.02. The fourth-order valence-electron chi connectivity index (χ4n) is 0.886. The summed E-state index contributed by atoms with van der Waals surface area (Å²) in [6, 6.07) is 0. The maximum Gasteiger partial charge on any atom is 0.224 e. The molecule has 4 heteroatoms. The molecular weight excluding hydrogens is 117 g/mol. The quantitative estimate of drug-likeness (QED) is 0.427. The van der Waals surface area contributed by atoms with E-state index in [-0.39, 0.29) is 12.3 Å². The van der Waals surface area contributed by atoms with E-state index < -0.39 is 12.0 Å². The van der Waals surface area contributed by atoms with Gasteiger partial charge >= 0.3 is 0 Å².